The van der Waals surface area contributed by atoms with E-state index < -0.39 is 5.60 Å². The molecular weight excluding hydrogens is 475 g/mol. The number of rotatable bonds is 10. The van der Waals surface area contributed by atoms with Gasteiger partial charge >= 0.3 is 0 Å². The second-order valence-electron chi connectivity index (χ2n) is 10.4. The molecule has 3 heterocycles. The molecule has 2 fully saturated rings. The summed E-state index contributed by atoms with van der Waals surface area (Å²) < 4.78 is 33.4. The number of carbonyl (C=O) groups is 1. The fourth-order valence-corrected chi connectivity index (χ4v) is 5.29. The second-order valence-corrected chi connectivity index (χ2v) is 10.4. The number of aromatic nitrogens is 1. The Bertz CT molecular complexity index is 1040. The van der Waals surface area contributed by atoms with Crippen molar-refractivity contribution in [1.29, 1.82) is 0 Å². The molecule has 4 rings (SSSR count). The van der Waals surface area contributed by atoms with Gasteiger partial charge in [0.15, 0.2) is 0 Å². The lowest BCUT2D eigenvalue weighted by Crippen LogP contribution is -2.58. The minimum atomic E-state index is -0.783. The van der Waals surface area contributed by atoms with Crippen LogP contribution >= 0.6 is 0 Å². The summed E-state index contributed by atoms with van der Waals surface area (Å²) in [4.78, 5) is 19.9. The molecule has 2 aliphatic heterocycles. The largest absolute Gasteiger partial charge is 0.491 e. The molecule has 0 N–H and O–H groups in total. The number of carbonyl (C=O) groups excluding carboxylic acids is 1. The quantitative estimate of drug-likeness (QED) is 0.484. The van der Waals surface area contributed by atoms with Crippen LogP contribution in [0.2, 0.25) is 0 Å². The molecule has 9 heteroatoms. The number of benzene rings is 1. The molecule has 37 heavy (non-hydrogen) atoms. The molecule has 0 saturated carbocycles. The Morgan fingerprint density at radius 2 is 1.84 bits per heavy atom. The maximum Gasteiger partial charge on any atom is 0.225 e. The van der Waals surface area contributed by atoms with Crippen LogP contribution in [-0.4, -0.2) is 104 Å². The van der Waals surface area contributed by atoms with Crippen LogP contribution in [0.3, 0.4) is 0 Å². The third-order valence-corrected chi connectivity index (χ3v) is 7.56. The second kappa shape index (κ2) is 12.4. The van der Waals surface area contributed by atoms with Gasteiger partial charge in [-0.25, -0.2) is 4.39 Å². The van der Waals surface area contributed by atoms with Crippen molar-refractivity contribution in [3.8, 4) is 5.75 Å². The predicted octanol–water partition coefficient (Wildman–Crippen LogP) is 2.70. The summed E-state index contributed by atoms with van der Waals surface area (Å²) in [5.41, 5.74) is 2.94. The molecule has 1 aromatic carbocycles. The summed E-state index contributed by atoms with van der Waals surface area (Å²) in [5.74, 6) is 0.348. The zero-order valence-electron chi connectivity index (χ0n) is 22.7. The van der Waals surface area contributed by atoms with Gasteiger partial charge in [0.1, 0.15) is 23.8 Å². The van der Waals surface area contributed by atoms with Crippen LogP contribution in [0.1, 0.15) is 23.4 Å². The van der Waals surface area contributed by atoms with Gasteiger partial charge in [0.2, 0.25) is 5.91 Å². The van der Waals surface area contributed by atoms with E-state index in [0.29, 0.717) is 25.5 Å². The summed E-state index contributed by atoms with van der Waals surface area (Å²) in [7, 11) is 3.80. The van der Waals surface area contributed by atoms with E-state index in [4.69, 9.17) is 14.2 Å². The Morgan fingerprint density at radius 1 is 1.11 bits per heavy atom. The van der Waals surface area contributed by atoms with Gasteiger partial charge in [-0.05, 0) is 56.8 Å². The van der Waals surface area contributed by atoms with Gasteiger partial charge in [0.25, 0.3) is 0 Å². The van der Waals surface area contributed by atoms with E-state index in [2.05, 4.69) is 41.3 Å². The van der Waals surface area contributed by atoms with E-state index in [1.54, 1.807) is 19.2 Å². The molecule has 0 unspecified atom stereocenters. The molecule has 0 aliphatic carbocycles. The zero-order chi connectivity index (χ0) is 26.4. The normalized spacial score (nSPS) is 21.4. The van der Waals surface area contributed by atoms with E-state index in [9.17, 15) is 9.18 Å². The number of morpholine rings is 1. The zero-order valence-corrected chi connectivity index (χ0v) is 22.7. The predicted molar refractivity (Wildman–Crippen MR) is 140 cm³/mol. The molecule has 1 atom stereocenters. The summed E-state index contributed by atoms with van der Waals surface area (Å²) in [6.07, 6.45) is 0.251. The van der Waals surface area contributed by atoms with Gasteiger partial charge in [-0.3, -0.25) is 9.69 Å². The Balaban J connectivity index is 1.49. The smallest absolute Gasteiger partial charge is 0.225 e. The van der Waals surface area contributed by atoms with Crippen molar-refractivity contribution in [3.05, 3.63) is 53.1 Å². The minimum Gasteiger partial charge on any atom is -0.491 e. The van der Waals surface area contributed by atoms with Crippen molar-refractivity contribution >= 4 is 5.91 Å². The van der Waals surface area contributed by atoms with Crippen molar-refractivity contribution in [2.75, 3.05) is 73.2 Å². The maximum atomic E-state index is 13.4. The average Bonchev–Trinajstić information content (AvgIpc) is 3.14. The van der Waals surface area contributed by atoms with Gasteiger partial charge < -0.3 is 28.6 Å². The lowest BCUT2D eigenvalue weighted by atomic mass is 9.96. The number of methoxy groups -OCH3 is 1. The van der Waals surface area contributed by atoms with Crippen LogP contribution in [0.15, 0.2) is 30.3 Å². The number of halogens is 1. The van der Waals surface area contributed by atoms with Crippen LogP contribution in [0, 0.1) is 19.7 Å². The SMILES string of the molecule is COCCn1c(C)cc(CN2CCO[C@@](COc3ccc(F)cc3)(CC(=O)N3CCN(C)CC3)C2)c1C. The molecule has 1 amide bonds. The van der Waals surface area contributed by atoms with E-state index in [1.807, 2.05) is 4.90 Å². The Labute approximate surface area is 219 Å². The van der Waals surface area contributed by atoms with E-state index in [0.717, 1.165) is 45.8 Å². The van der Waals surface area contributed by atoms with Gasteiger partial charge in [-0.2, -0.15) is 0 Å². The van der Waals surface area contributed by atoms with Crippen molar-refractivity contribution in [2.24, 2.45) is 0 Å². The average molecular weight is 517 g/mol. The molecular formula is C28H41FN4O4. The minimum absolute atomic E-state index is 0.0930. The highest BCUT2D eigenvalue weighted by atomic mass is 19.1. The monoisotopic (exact) mass is 516 g/mol. The number of hydrogen-bond acceptors (Lipinski definition) is 6. The van der Waals surface area contributed by atoms with Crippen LogP contribution < -0.4 is 4.74 Å². The maximum absolute atomic E-state index is 13.4. The van der Waals surface area contributed by atoms with E-state index >= 15 is 0 Å². The topological polar surface area (TPSA) is 59.4 Å². The highest BCUT2D eigenvalue weighted by Crippen LogP contribution is 2.28. The molecule has 0 spiro atoms. The first-order chi connectivity index (χ1) is 17.8. The van der Waals surface area contributed by atoms with Crippen molar-refractivity contribution in [3.63, 3.8) is 0 Å². The number of hydrogen-bond donors (Lipinski definition) is 0. The molecule has 2 aromatic rings. The van der Waals surface area contributed by atoms with Gasteiger partial charge in [0, 0.05) is 70.9 Å². The molecule has 1 aromatic heterocycles. The lowest BCUT2D eigenvalue weighted by Gasteiger charge is -2.43. The van der Waals surface area contributed by atoms with Crippen LogP contribution in [0.25, 0.3) is 0 Å². The van der Waals surface area contributed by atoms with Gasteiger partial charge in [0.05, 0.1) is 19.6 Å². The van der Waals surface area contributed by atoms with Crippen LogP contribution in [0.5, 0.6) is 5.75 Å². The molecule has 8 nitrogen and oxygen atoms in total. The first kappa shape index (κ1) is 27.6. The van der Waals surface area contributed by atoms with Crippen molar-refractivity contribution < 1.29 is 23.4 Å². The Kier molecular flexibility index (Phi) is 9.23. The van der Waals surface area contributed by atoms with Gasteiger partial charge in [-0.15, -0.1) is 0 Å². The van der Waals surface area contributed by atoms with Gasteiger partial charge in [-0.1, -0.05) is 0 Å². The first-order valence-corrected chi connectivity index (χ1v) is 13.1. The van der Waals surface area contributed by atoms with Crippen LogP contribution in [0.4, 0.5) is 4.39 Å². The summed E-state index contributed by atoms with van der Waals surface area (Å²) in [5, 5.41) is 0. The van der Waals surface area contributed by atoms with Crippen LogP contribution in [-0.2, 0) is 27.4 Å². The fraction of sp³-hybridized carbons (Fsp3) is 0.607. The molecule has 204 valence electrons. The summed E-state index contributed by atoms with van der Waals surface area (Å²) >= 11 is 0. The molecule has 2 saturated heterocycles. The molecule has 2 aliphatic rings. The number of aryl methyl sites for hydroxylation is 1. The number of amides is 1. The summed E-state index contributed by atoms with van der Waals surface area (Å²) in [6, 6.07) is 8.23. The third kappa shape index (κ3) is 7.10. The molecule has 0 radical (unpaired) electrons. The molecule has 0 bridgehead atoms. The standard InChI is InChI=1S/C28H41FN4O4/c1-22-17-24(23(2)33(22)14-15-35-4)19-31-13-16-37-28(20-31,21-36-26-7-5-25(29)6-8-26)18-27(34)32-11-9-30(3)10-12-32/h5-8,17H,9-16,18-21H2,1-4H3/t28-/m0/s1. The number of nitrogens with zero attached hydrogens (tertiary/aromatic N) is 4. The number of ether oxygens (including phenoxy) is 3. The third-order valence-electron chi connectivity index (χ3n) is 7.56. The van der Waals surface area contributed by atoms with E-state index in [1.165, 1.54) is 29.1 Å². The number of piperazine rings is 1. The van der Waals surface area contributed by atoms with Crippen molar-refractivity contribution in [1.82, 2.24) is 19.3 Å². The fourth-order valence-electron chi connectivity index (χ4n) is 5.29. The van der Waals surface area contributed by atoms with Crippen molar-refractivity contribution in [2.45, 2.75) is 39.0 Å². The number of likely N-dealkylation sites (N-methyl/N-ethyl adjacent to an activating group) is 1. The van der Waals surface area contributed by atoms with E-state index in [-0.39, 0.29) is 24.8 Å². The highest BCUT2D eigenvalue weighted by molar-refractivity contribution is 5.77. The first-order valence-electron chi connectivity index (χ1n) is 13.1. The highest BCUT2D eigenvalue weighted by Gasteiger charge is 2.41. The lowest BCUT2D eigenvalue weighted by molar-refractivity contribution is -0.157. The summed E-state index contributed by atoms with van der Waals surface area (Å²) in [6.45, 7) is 11.8. The Morgan fingerprint density at radius 3 is 2.54 bits per heavy atom. The Hall–Kier alpha value is -2.46.